The molecule has 0 saturated heterocycles. The van der Waals surface area contributed by atoms with Crippen molar-refractivity contribution in [2.45, 2.75) is 20.8 Å². The molecule has 0 atom stereocenters. The fourth-order valence-electron chi connectivity index (χ4n) is 2.55. The maximum absolute atomic E-state index is 11.5. The Labute approximate surface area is 152 Å². The van der Waals surface area contributed by atoms with Crippen molar-refractivity contribution in [1.29, 1.82) is 0 Å². The van der Waals surface area contributed by atoms with Gasteiger partial charge in [0.15, 0.2) is 17.4 Å². The Morgan fingerprint density at radius 1 is 1.00 bits per heavy atom. The van der Waals surface area contributed by atoms with E-state index < -0.39 is 0 Å². The summed E-state index contributed by atoms with van der Waals surface area (Å²) in [5, 5.41) is 6.42. The van der Waals surface area contributed by atoms with Gasteiger partial charge in [0, 0.05) is 16.9 Å². The number of hydrogen-bond acceptors (Lipinski definition) is 6. The fourth-order valence-corrected chi connectivity index (χ4v) is 2.55. The average molecular weight is 347 g/mol. The van der Waals surface area contributed by atoms with Gasteiger partial charge in [0.2, 0.25) is 0 Å². The van der Waals surface area contributed by atoms with Crippen LogP contribution < -0.4 is 16.4 Å². The minimum absolute atomic E-state index is 0.00147. The Bertz CT molecular complexity index is 968. The maximum Gasteiger partial charge on any atom is 0.159 e. The first-order chi connectivity index (χ1) is 12.4. The minimum atomic E-state index is 0.00147. The summed E-state index contributed by atoms with van der Waals surface area (Å²) in [6.45, 7) is 5.58. The van der Waals surface area contributed by atoms with E-state index in [1.54, 1.807) is 12.1 Å². The third-order valence-corrected chi connectivity index (χ3v) is 4.06. The number of rotatable bonds is 5. The van der Waals surface area contributed by atoms with Gasteiger partial charge in [0.05, 0.1) is 0 Å². The van der Waals surface area contributed by atoms with Crippen molar-refractivity contribution < 1.29 is 4.79 Å². The van der Waals surface area contributed by atoms with Crippen LogP contribution in [0, 0.1) is 13.8 Å². The molecule has 0 saturated carbocycles. The van der Waals surface area contributed by atoms with Gasteiger partial charge >= 0.3 is 0 Å². The van der Waals surface area contributed by atoms with E-state index in [2.05, 4.69) is 26.7 Å². The summed E-state index contributed by atoms with van der Waals surface area (Å²) >= 11 is 0. The zero-order valence-corrected chi connectivity index (χ0v) is 15.0. The van der Waals surface area contributed by atoms with Crippen molar-refractivity contribution >= 4 is 34.5 Å². The molecule has 6 heteroatoms. The SMILES string of the molecule is CC(=O)c1cccc(Nc2ncnc(Nc3cc(C)ccc3C)c2N)c1. The normalized spacial score (nSPS) is 10.4. The van der Waals surface area contributed by atoms with Gasteiger partial charge in [-0.2, -0.15) is 0 Å². The van der Waals surface area contributed by atoms with Crippen LogP contribution in [0.5, 0.6) is 0 Å². The van der Waals surface area contributed by atoms with Crippen LogP contribution in [0.15, 0.2) is 48.8 Å². The first-order valence-electron chi connectivity index (χ1n) is 8.27. The number of ketones is 1. The molecule has 26 heavy (non-hydrogen) atoms. The van der Waals surface area contributed by atoms with Gasteiger partial charge in [-0.15, -0.1) is 0 Å². The van der Waals surface area contributed by atoms with Crippen LogP contribution in [0.4, 0.5) is 28.7 Å². The molecular weight excluding hydrogens is 326 g/mol. The monoisotopic (exact) mass is 347 g/mol. The van der Waals surface area contributed by atoms with Crippen LogP contribution in [-0.4, -0.2) is 15.8 Å². The molecule has 6 nitrogen and oxygen atoms in total. The second-order valence-electron chi connectivity index (χ2n) is 6.19. The van der Waals surface area contributed by atoms with Crippen molar-refractivity contribution in [3.8, 4) is 0 Å². The van der Waals surface area contributed by atoms with Crippen molar-refractivity contribution in [3.05, 3.63) is 65.5 Å². The molecule has 0 unspecified atom stereocenters. The highest BCUT2D eigenvalue weighted by molar-refractivity contribution is 5.95. The lowest BCUT2D eigenvalue weighted by molar-refractivity contribution is 0.101. The Kier molecular flexibility index (Phi) is 4.84. The van der Waals surface area contributed by atoms with E-state index in [1.165, 1.54) is 13.3 Å². The van der Waals surface area contributed by atoms with Gasteiger partial charge in [0.25, 0.3) is 0 Å². The number of nitrogen functional groups attached to an aromatic ring is 1. The fraction of sp³-hybridized carbons (Fsp3) is 0.150. The van der Waals surface area contributed by atoms with Gasteiger partial charge in [-0.05, 0) is 50.1 Å². The highest BCUT2D eigenvalue weighted by Crippen LogP contribution is 2.29. The Hall–Kier alpha value is -3.41. The van der Waals surface area contributed by atoms with Crippen LogP contribution >= 0.6 is 0 Å². The molecule has 0 bridgehead atoms. The smallest absolute Gasteiger partial charge is 0.159 e. The number of nitrogens with one attached hydrogen (secondary N) is 2. The van der Waals surface area contributed by atoms with Crippen molar-refractivity contribution in [3.63, 3.8) is 0 Å². The number of hydrogen-bond donors (Lipinski definition) is 3. The number of aromatic nitrogens is 2. The molecule has 0 aliphatic carbocycles. The topological polar surface area (TPSA) is 92.9 Å². The third-order valence-electron chi connectivity index (χ3n) is 4.06. The van der Waals surface area contributed by atoms with E-state index in [4.69, 9.17) is 5.73 Å². The van der Waals surface area contributed by atoms with Crippen LogP contribution in [0.25, 0.3) is 0 Å². The number of aryl methyl sites for hydroxylation is 2. The maximum atomic E-state index is 11.5. The summed E-state index contributed by atoms with van der Waals surface area (Å²) < 4.78 is 0. The molecule has 3 rings (SSSR count). The summed E-state index contributed by atoms with van der Waals surface area (Å²) in [6.07, 6.45) is 1.45. The molecular formula is C20H21N5O. The first kappa shape index (κ1) is 17.4. The van der Waals surface area contributed by atoms with E-state index in [9.17, 15) is 4.79 Å². The second-order valence-corrected chi connectivity index (χ2v) is 6.19. The van der Waals surface area contributed by atoms with Gasteiger partial charge < -0.3 is 16.4 Å². The predicted molar refractivity (Wildman–Crippen MR) is 105 cm³/mol. The van der Waals surface area contributed by atoms with Crippen LogP contribution in [0.1, 0.15) is 28.4 Å². The molecule has 132 valence electrons. The quantitative estimate of drug-likeness (QED) is 0.594. The number of benzene rings is 2. The van der Waals surface area contributed by atoms with Gasteiger partial charge in [-0.1, -0.05) is 24.3 Å². The lowest BCUT2D eigenvalue weighted by Gasteiger charge is -2.14. The highest BCUT2D eigenvalue weighted by atomic mass is 16.1. The number of nitrogens with zero attached hydrogens (tertiary/aromatic N) is 2. The predicted octanol–water partition coefficient (Wildman–Crippen LogP) is 4.37. The van der Waals surface area contributed by atoms with Crippen LogP contribution in [0.2, 0.25) is 0 Å². The second kappa shape index (κ2) is 7.23. The average Bonchev–Trinajstić information content (AvgIpc) is 2.62. The number of Topliss-reactive ketones (excluding diaryl/α,β-unsaturated/α-hetero) is 1. The summed E-state index contributed by atoms with van der Waals surface area (Å²) in [6, 6.07) is 13.3. The number of carbonyl (C=O) groups excluding carboxylic acids is 1. The minimum Gasteiger partial charge on any atom is -0.393 e. The lowest BCUT2D eigenvalue weighted by Crippen LogP contribution is -2.06. The molecule has 4 N–H and O–H groups in total. The van der Waals surface area contributed by atoms with Gasteiger partial charge in [-0.25, -0.2) is 9.97 Å². The van der Waals surface area contributed by atoms with Crippen molar-refractivity contribution in [2.75, 3.05) is 16.4 Å². The van der Waals surface area contributed by atoms with Gasteiger partial charge in [-0.3, -0.25) is 4.79 Å². The van der Waals surface area contributed by atoms with E-state index in [0.29, 0.717) is 22.9 Å². The molecule has 0 aliphatic heterocycles. The molecule has 1 aromatic heterocycles. The summed E-state index contributed by atoms with van der Waals surface area (Å²) in [5.41, 5.74) is 11.2. The van der Waals surface area contributed by atoms with Gasteiger partial charge in [0.1, 0.15) is 12.0 Å². The molecule has 0 radical (unpaired) electrons. The largest absolute Gasteiger partial charge is 0.393 e. The number of nitrogens with two attached hydrogens (primary N) is 1. The lowest BCUT2D eigenvalue weighted by atomic mass is 10.1. The van der Waals surface area contributed by atoms with Crippen molar-refractivity contribution in [1.82, 2.24) is 9.97 Å². The van der Waals surface area contributed by atoms with E-state index >= 15 is 0 Å². The molecule has 2 aromatic carbocycles. The standard InChI is InChI=1S/C20H21N5O/c1-12-7-8-13(2)17(9-12)25-20-18(21)19(22-11-23-20)24-16-6-4-5-15(10-16)14(3)26/h4-11H,21H2,1-3H3,(H2,22,23,24,25). The number of anilines is 5. The molecule has 0 fully saturated rings. The zero-order valence-electron chi connectivity index (χ0n) is 15.0. The molecule has 0 amide bonds. The molecule has 3 aromatic rings. The number of carbonyl (C=O) groups is 1. The van der Waals surface area contributed by atoms with Crippen LogP contribution in [-0.2, 0) is 0 Å². The van der Waals surface area contributed by atoms with E-state index in [0.717, 1.165) is 22.5 Å². The third kappa shape index (κ3) is 3.80. The molecule has 1 heterocycles. The molecule has 0 spiro atoms. The molecule has 0 aliphatic rings. The van der Waals surface area contributed by atoms with E-state index in [-0.39, 0.29) is 5.78 Å². The first-order valence-corrected chi connectivity index (χ1v) is 8.27. The Balaban J connectivity index is 1.89. The Morgan fingerprint density at radius 3 is 2.46 bits per heavy atom. The summed E-state index contributed by atoms with van der Waals surface area (Å²) in [4.78, 5) is 20.0. The zero-order chi connectivity index (χ0) is 18.7. The summed E-state index contributed by atoms with van der Waals surface area (Å²) in [5.74, 6) is 1.01. The summed E-state index contributed by atoms with van der Waals surface area (Å²) in [7, 11) is 0. The highest BCUT2D eigenvalue weighted by Gasteiger charge is 2.10. The van der Waals surface area contributed by atoms with Crippen LogP contribution in [0.3, 0.4) is 0 Å². The van der Waals surface area contributed by atoms with Crippen molar-refractivity contribution in [2.24, 2.45) is 0 Å². The Morgan fingerprint density at radius 2 is 1.73 bits per heavy atom. The van der Waals surface area contributed by atoms with E-state index in [1.807, 2.05) is 38.1 Å².